The van der Waals surface area contributed by atoms with Gasteiger partial charge in [-0.25, -0.2) is 9.97 Å². The quantitative estimate of drug-likeness (QED) is 0.891. The maximum absolute atomic E-state index is 12.4. The van der Waals surface area contributed by atoms with Crippen molar-refractivity contribution in [2.24, 2.45) is 0 Å². The van der Waals surface area contributed by atoms with Gasteiger partial charge >= 0.3 is 0 Å². The highest BCUT2D eigenvalue weighted by Gasteiger charge is 2.20. The predicted molar refractivity (Wildman–Crippen MR) is 92.9 cm³/mol. The Morgan fingerprint density at radius 2 is 1.87 bits per heavy atom. The van der Waals surface area contributed by atoms with E-state index in [4.69, 9.17) is 0 Å². The zero-order chi connectivity index (χ0) is 16.2. The Morgan fingerprint density at radius 3 is 2.52 bits per heavy atom. The van der Waals surface area contributed by atoms with Gasteiger partial charge in [-0.15, -0.1) is 0 Å². The summed E-state index contributed by atoms with van der Waals surface area (Å²) in [5.41, 5.74) is 1.41. The number of hydrogen-bond donors (Lipinski definition) is 1. The summed E-state index contributed by atoms with van der Waals surface area (Å²) in [6, 6.07) is 7.74. The lowest BCUT2D eigenvalue weighted by molar-refractivity contribution is 0.0663. The topological polar surface area (TPSA) is 61.4 Å². The zero-order valence-corrected chi connectivity index (χ0v) is 14.5. The van der Waals surface area contributed by atoms with Gasteiger partial charge in [-0.1, -0.05) is 22.0 Å². The molecule has 1 aliphatic heterocycles. The average Bonchev–Trinajstić information content (AvgIpc) is 2.56. The Bertz CT molecular complexity index is 683. The van der Waals surface area contributed by atoms with E-state index < -0.39 is 0 Å². The van der Waals surface area contributed by atoms with E-state index >= 15 is 0 Å². The first-order chi connectivity index (χ1) is 11.1. The number of nitrogens with zero attached hydrogens (tertiary/aromatic N) is 4. The molecule has 120 valence electrons. The number of anilines is 2. The number of hydrogen-bond acceptors (Lipinski definition) is 5. The van der Waals surface area contributed by atoms with Gasteiger partial charge in [0.25, 0.3) is 5.91 Å². The monoisotopic (exact) mass is 375 g/mol. The highest BCUT2D eigenvalue weighted by Crippen LogP contribution is 2.18. The van der Waals surface area contributed by atoms with Crippen molar-refractivity contribution < 1.29 is 4.79 Å². The Labute approximate surface area is 143 Å². The normalized spacial score (nSPS) is 15.5. The van der Waals surface area contributed by atoms with Gasteiger partial charge in [-0.3, -0.25) is 4.79 Å². The molecule has 0 aliphatic carbocycles. The van der Waals surface area contributed by atoms with Gasteiger partial charge in [-0.2, -0.15) is 0 Å². The molecule has 23 heavy (non-hydrogen) atoms. The van der Waals surface area contributed by atoms with Crippen molar-refractivity contribution in [3.8, 4) is 0 Å². The molecule has 1 N–H and O–H groups in total. The molecule has 1 aliphatic rings. The lowest BCUT2D eigenvalue weighted by Crippen LogP contribution is -2.47. The summed E-state index contributed by atoms with van der Waals surface area (Å²) < 4.78 is 0.976. The highest BCUT2D eigenvalue weighted by atomic mass is 79.9. The molecule has 2 heterocycles. The van der Waals surface area contributed by atoms with Crippen LogP contribution in [0.1, 0.15) is 10.4 Å². The van der Waals surface area contributed by atoms with E-state index in [0.717, 1.165) is 36.3 Å². The van der Waals surface area contributed by atoms with Crippen molar-refractivity contribution in [2.45, 2.75) is 0 Å². The standard InChI is InChI=1S/C16H18BrN5O/c1-21-5-7-22(8-6-21)15(23)12-10-18-16(19-11-12)20-14-4-2-3-13(17)9-14/h2-4,9-11H,5-8H2,1H3,(H,18,19,20). The van der Waals surface area contributed by atoms with E-state index in [9.17, 15) is 4.79 Å². The van der Waals surface area contributed by atoms with Crippen LogP contribution in [0.25, 0.3) is 0 Å². The number of aromatic nitrogens is 2. The van der Waals surface area contributed by atoms with E-state index in [1.165, 1.54) is 0 Å². The molecular weight excluding hydrogens is 358 g/mol. The van der Waals surface area contributed by atoms with Gasteiger partial charge in [0.2, 0.25) is 5.95 Å². The van der Waals surface area contributed by atoms with Crippen LogP contribution in [0.5, 0.6) is 0 Å². The molecule has 7 heteroatoms. The zero-order valence-electron chi connectivity index (χ0n) is 12.9. The predicted octanol–water partition coefficient (Wildman–Crippen LogP) is 2.37. The van der Waals surface area contributed by atoms with E-state index in [2.05, 4.69) is 43.2 Å². The first-order valence-electron chi connectivity index (χ1n) is 7.44. The van der Waals surface area contributed by atoms with Crippen LogP contribution in [0.4, 0.5) is 11.6 Å². The molecule has 0 bridgehead atoms. The minimum Gasteiger partial charge on any atom is -0.336 e. The first kappa shape index (κ1) is 15.9. The number of benzene rings is 1. The molecule has 1 fully saturated rings. The van der Waals surface area contributed by atoms with Gasteiger partial charge in [0, 0.05) is 48.7 Å². The Kier molecular flexibility index (Phi) is 4.88. The summed E-state index contributed by atoms with van der Waals surface area (Å²) >= 11 is 3.42. The summed E-state index contributed by atoms with van der Waals surface area (Å²) in [5, 5.41) is 3.11. The lowest BCUT2D eigenvalue weighted by Gasteiger charge is -2.32. The molecule has 0 saturated carbocycles. The number of rotatable bonds is 3. The van der Waals surface area contributed by atoms with Gasteiger partial charge in [0.15, 0.2) is 0 Å². The molecule has 6 nitrogen and oxygen atoms in total. The Morgan fingerprint density at radius 1 is 1.17 bits per heavy atom. The largest absolute Gasteiger partial charge is 0.336 e. The second kappa shape index (κ2) is 7.06. The first-order valence-corrected chi connectivity index (χ1v) is 8.23. The molecule has 0 radical (unpaired) electrons. The van der Waals surface area contributed by atoms with Crippen molar-refractivity contribution in [3.63, 3.8) is 0 Å². The van der Waals surface area contributed by atoms with Crippen LogP contribution in [-0.2, 0) is 0 Å². The smallest absolute Gasteiger partial charge is 0.257 e. The minimum atomic E-state index is -0.00731. The van der Waals surface area contributed by atoms with Crippen LogP contribution in [-0.4, -0.2) is 58.9 Å². The number of amides is 1. The molecule has 1 aromatic heterocycles. The molecular formula is C16H18BrN5O. The van der Waals surface area contributed by atoms with Crippen molar-refractivity contribution in [2.75, 3.05) is 38.5 Å². The SMILES string of the molecule is CN1CCN(C(=O)c2cnc(Nc3cccc(Br)c3)nc2)CC1. The van der Waals surface area contributed by atoms with Crippen LogP contribution < -0.4 is 5.32 Å². The fourth-order valence-corrected chi connectivity index (χ4v) is 2.79. The molecule has 1 aromatic carbocycles. The average molecular weight is 376 g/mol. The molecule has 3 rings (SSSR count). The number of carbonyl (C=O) groups is 1. The maximum atomic E-state index is 12.4. The minimum absolute atomic E-state index is 0.00731. The van der Waals surface area contributed by atoms with Crippen molar-refractivity contribution in [1.29, 1.82) is 0 Å². The van der Waals surface area contributed by atoms with E-state index in [-0.39, 0.29) is 5.91 Å². The number of halogens is 1. The van der Waals surface area contributed by atoms with E-state index in [1.54, 1.807) is 12.4 Å². The number of piperazine rings is 1. The Hall–Kier alpha value is -1.99. The second-order valence-electron chi connectivity index (χ2n) is 5.53. The van der Waals surface area contributed by atoms with Crippen LogP contribution in [0.2, 0.25) is 0 Å². The van der Waals surface area contributed by atoms with Gasteiger partial charge in [0.05, 0.1) is 5.56 Å². The molecule has 2 aromatic rings. The molecule has 1 amide bonds. The lowest BCUT2D eigenvalue weighted by atomic mass is 10.2. The Balaban J connectivity index is 1.66. The van der Waals surface area contributed by atoms with Crippen LogP contribution in [0.3, 0.4) is 0 Å². The second-order valence-corrected chi connectivity index (χ2v) is 6.44. The third kappa shape index (κ3) is 4.05. The van der Waals surface area contributed by atoms with Gasteiger partial charge < -0.3 is 15.1 Å². The molecule has 1 saturated heterocycles. The number of likely N-dealkylation sites (N-methyl/N-ethyl adjacent to an activating group) is 1. The summed E-state index contributed by atoms with van der Waals surface area (Å²) in [6.45, 7) is 3.28. The highest BCUT2D eigenvalue weighted by molar-refractivity contribution is 9.10. The van der Waals surface area contributed by atoms with Crippen LogP contribution >= 0.6 is 15.9 Å². The van der Waals surface area contributed by atoms with Crippen molar-refractivity contribution >= 4 is 33.5 Å². The van der Waals surface area contributed by atoms with Gasteiger partial charge in [0.1, 0.15) is 0 Å². The van der Waals surface area contributed by atoms with E-state index in [0.29, 0.717) is 11.5 Å². The van der Waals surface area contributed by atoms with Crippen molar-refractivity contribution in [3.05, 3.63) is 46.7 Å². The summed E-state index contributed by atoms with van der Waals surface area (Å²) in [7, 11) is 2.06. The number of carbonyl (C=O) groups excluding carboxylic acids is 1. The third-order valence-corrected chi connectivity index (χ3v) is 4.26. The summed E-state index contributed by atoms with van der Waals surface area (Å²) in [4.78, 5) is 25.0. The van der Waals surface area contributed by atoms with E-state index in [1.807, 2.05) is 29.2 Å². The third-order valence-electron chi connectivity index (χ3n) is 3.77. The molecule has 0 spiro atoms. The van der Waals surface area contributed by atoms with Crippen LogP contribution in [0, 0.1) is 0 Å². The molecule has 0 atom stereocenters. The fraction of sp³-hybridized carbons (Fsp3) is 0.312. The van der Waals surface area contributed by atoms with Gasteiger partial charge in [-0.05, 0) is 25.2 Å². The summed E-state index contributed by atoms with van der Waals surface area (Å²) in [6.07, 6.45) is 3.15. The molecule has 0 unspecified atom stereocenters. The van der Waals surface area contributed by atoms with Crippen molar-refractivity contribution in [1.82, 2.24) is 19.8 Å². The maximum Gasteiger partial charge on any atom is 0.257 e. The summed E-state index contributed by atoms with van der Waals surface area (Å²) in [5.74, 6) is 0.463. The fourth-order valence-electron chi connectivity index (χ4n) is 2.39. The number of nitrogens with one attached hydrogen (secondary N) is 1. The van der Waals surface area contributed by atoms with Crippen LogP contribution in [0.15, 0.2) is 41.1 Å².